The van der Waals surface area contributed by atoms with Crippen LogP contribution in [0.4, 0.5) is 0 Å². The molecule has 100 valence electrons. The molecule has 3 nitrogen and oxygen atoms in total. The monoisotopic (exact) mass is 267 g/mol. The van der Waals surface area contributed by atoms with Gasteiger partial charge in [-0.2, -0.15) is 0 Å². The molecular formula is C14H21NO2S. The van der Waals surface area contributed by atoms with Crippen molar-refractivity contribution in [1.29, 1.82) is 0 Å². The molecule has 0 radical (unpaired) electrons. The Hall–Kier alpha value is -1.13. The van der Waals surface area contributed by atoms with Gasteiger partial charge in [0.05, 0.1) is 4.90 Å². The van der Waals surface area contributed by atoms with Crippen LogP contribution in [0, 0.1) is 0 Å². The van der Waals surface area contributed by atoms with Gasteiger partial charge in [-0.05, 0) is 38.6 Å². The first kappa shape index (κ1) is 14.9. The number of rotatable bonds is 5. The Morgan fingerprint density at radius 3 is 2.22 bits per heavy atom. The van der Waals surface area contributed by atoms with Gasteiger partial charge in [0.1, 0.15) is 0 Å². The minimum atomic E-state index is -3.11. The summed E-state index contributed by atoms with van der Waals surface area (Å²) in [7, 11) is -1.08. The van der Waals surface area contributed by atoms with Crippen LogP contribution in [0.3, 0.4) is 0 Å². The Labute approximate surface area is 110 Å². The molecule has 1 rings (SSSR count). The second kappa shape index (κ2) is 5.67. The largest absolute Gasteiger partial charge is 0.296 e. The molecule has 1 atom stereocenters. The number of benzene rings is 1. The van der Waals surface area contributed by atoms with Crippen molar-refractivity contribution >= 4 is 9.84 Å². The third-order valence-corrected chi connectivity index (χ3v) is 4.10. The van der Waals surface area contributed by atoms with Crippen LogP contribution >= 0.6 is 0 Å². The zero-order chi connectivity index (χ0) is 13.9. The smallest absolute Gasteiger partial charge is 0.175 e. The molecule has 0 aliphatic heterocycles. The fraction of sp³-hybridized carbons (Fsp3) is 0.429. The molecule has 1 aromatic rings. The first-order valence-corrected chi connectivity index (χ1v) is 7.75. The van der Waals surface area contributed by atoms with Gasteiger partial charge in [-0.3, -0.25) is 4.90 Å². The summed E-state index contributed by atoms with van der Waals surface area (Å²) in [6, 6.07) is 7.30. The third-order valence-electron chi connectivity index (χ3n) is 2.97. The van der Waals surface area contributed by atoms with E-state index in [1.54, 1.807) is 12.1 Å². The van der Waals surface area contributed by atoms with Crippen LogP contribution in [0.5, 0.6) is 0 Å². The first-order valence-electron chi connectivity index (χ1n) is 5.86. The van der Waals surface area contributed by atoms with Crippen LogP contribution in [0.25, 0.3) is 0 Å². The highest BCUT2D eigenvalue weighted by Crippen LogP contribution is 2.21. The SMILES string of the molecule is C=C(C)CN(C)[C@@H](C)c1ccc(S(C)(=O)=O)cc1. The molecule has 0 spiro atoms. The maximum Gasteiger partial charge on any atom is 0.175 e. The lowest BCUT2D eigenvalue weighted by molar-refractivity contribution is 0.284. The van der Waals surface area contributed by atoms with E-state index in [-0.39, 0.29) is 6.04 Å². The van der Waals surface area contributed by atoms with Crippen LogP contribution in [0.2, 0.25) is 0 Å². The van der Waals surface area contributed by atoms with E-state index in [0.29, 0.717) is 4.90 Å². The summed E-state index contributed by atoms with van der Waals surface area (Å²) < 4.78 is 22.7. The molecule has 0 bridgehead atoms. The van der Waals surface area contributed by atoms with Crippen molar-refractivity contribution in [3.8, 4) is 0 Å². The molecule has 0 aromatic heterocycles. The summed E-state index contributed by atoms with van der Waals surface area (Å²) in [5.74, 6) is 0. The summed E-state index contributed by atoms with van der Waals surface area (Å²) in [5.41, 5.74) is 2.21. The highest BCUT2D eigenvalue weighted by molar-refractivity contribution is 7.90. The molecule has 18 heavy (non-hydrogen) atoms. The summed E-state index contributed by atoms with van der Waals surface area (Å²) in [6.45, 7) is 8.82. The third kappa shape index (κ3) is 3.96. The number of sulfone groups is 1. The quantitative estimate of drug-likeness (QED) is 0.770. The van der Waals surface area contributed by atoms with Crippen LogP contribution in [-0.4, -0.2) is 33.2 Å². The normalized spacial score (nSPS) is 13.6. The van der Waals surface area contributed by atoms with E-state index in [1.807, 2.05) is 26.1 Å². The topological polar surface area (TPSA) is 37.4 Å². The van der Waals surface area contributed by atoms with Gasteiger partial charge in [0.25, 0.3) is 0 Å². The molecular weight excluding hydrogens is 246 g/mol. The Balaban J connectivity index is 2.88. The average Bonchev–Trinajstić information content (AvgIpc) is 2.26. The van der Waals surface area contributed by atoms with Gasteiger partial charge >= 0.3 is 0 Å². The zero-order valence-electron chi connectivity index (χ0n) is 11.5. The predicted octanol–water partition coefficient (Wildman–Crippen LogP) is 2.66. The van der Waals surface area contributed by atoms with Crippen LogP contribution in [0.1, 0.15) is 25.5 Å². The van der Waals surface area contributed by atoms with Crippen LogP contribution in [0.15, 0.2) is 41.3 Å². The van der Waals surface area contributed by atoms with Crippen molar-refractivity contribution in [2.75, 3.05) is 19.8 Å². The van der Waals surface area contributed by atoms with E-state index in [1.165, 1.54) is 6.26 Å². The lowest BCUT2D eigenvalue weighted by Gasteiger charge is -2.25. The van der Waals surface area contributed by atoms with Crippen molar-refractivity contribution in [1.82, 2.24) is 4.90 Å². The highest BCUT2D eigenvalue weighted by atomic mass is 32.2. The van der Waals surface area contributed by atoms with Gasteiger partial charge in [-0.1, -0.05) is 24.3 Å². The number of nitrogens with zero attached hydrogens (tertiary/aromatic N) is 1. The van der Waals surface area contributed by atoms with Crippen molar-refractivity contribution in [2.45, 2.75) is 24.8 Å². The van der Waals surface area contributed by atoms with Crippen molar-refractivity contribution in [2.24, 2.45) is 0 Å². The van der Waals surface area contributed by atoms with E-state index in [0.717, 1.165) is 17.7 Å². The van der Waals surface area contributed by atoms with Gasteiger partial charge in [0.2, 0.25) is 0 Å². The van der Waals surface area contributed by atoms with Crippen molar-refractivity contribution in [3.05, 3.63) is 42.0 Å². The van der Waals surface area contributed by atoms with E-state index in [4.69, 9.17) is 0 Å². The van der Waals surface area contributed by atoms with E-state index >= 15 is 0 Å². The maximum absolute atomic E-state index is 11.4. The zero-order valence-corrected chi connectivity index (χ0v) is 12.3. The molecule has 0 N–H and O–H groups in total. The molecule has 1 aromatic carbocycles. The minimum absolute atomic E-state index is 0.232. The second-order valence-electron chi connectivity index (χ2n) is 4.89. The number of hydrogen-bond donors (Lipinski definition) is 0. The first-order chi connectivity index (χ1) is 8.21. The van der Waals surface area contributed by atoms with E-state index in [2.05, 4.69) is 18.4 Å². The molecule has 0 heterocycles. The fourth-order valence-corrected chi connectivity index (χ4v) is 2.44. The Morgan fingerprint density at radius 1 is 1.33 bits per heavy atom. The molecule has 0 amide bonds. The minimum Gasteiger partial charge on any atom is -0.296 e. The summed E-state index contributed by atoms with van der Waals surface area (Å²) in [6.07, 6.45) is 1.22. The Kier molecular flexibility index (Phi) is 4.71. The fourth-order valence-electron chi connectivity index (χ4n) is 1.81. The summed E-state index contributed by atoms with van der Waals surface area (Å²) >= 11 is 0. The number of likely N-dealkylation sites (N-methyl/N-ethyl adjacent to an activating group) is 1. The molecule has 4 heteroatoms. The molecule has 0 unspecified atom stereocenters. The summed E-state index contributed by atoms with van der Waals surface area (Å²) in [4.78, 5) is 2.54. The Bertz CT molecular complexity index is 517. The van der Waals surface area contributed by atoms with E-state index in [9.17, 15) is 8.42 Å². The lowest BCUT2D eigenvalue weighted by atomic mass is 10.1. The second-order valence-corrected chi connectivity index (χ2v) is 6.91. The van der Waals surface area contributed by atoms with E-state index < -0.39 is 9.84 Å². The number of hydrogen-bond acceptors (Lipinski definition) is 3. The standard InChI is InChI=1S/C14H21NO2S/c1-11(2)10-15(4)12(3)13-6-8-14(9-7-13)18(5,16)17/h6-9,12H,1,10H2,2-5H3/t12-/m0/s1. The van der Waals surface area contributed by atoms with Crippen LogP contribution in [-0.2, 0) is 9.84 Å². The lowest BCUT2D eigenvalue weighted by Crippen LogP contribution is -2.24. The van der Waals surface area contributed by atoms with Crippen LogP contribution < -0.4 is 0 Å². The molecule has 0 aliphatic rings. The van der Waals surface area contributed by atoms with Gasteiger partial charge in [0.15, 0.2) is 9.84 Å². The maximum atomic E-state index is 11.4. The molecule has 0 saturated heterocycles. The average molecular weight is 267 g/mol. The molecule has 0 aliphatic carbocycles. The van der Waals surface area contributed by atoms with Gasteiger partial charge in [-0.25, -0.2) is 8.42 Å². The molecule has 0 saturated carbocycles. The highest BCUT2D eigenvalue weighted by Gasteiger charge is 2.13. The van der Waals surface area contributed by atoms with Gasteiger partial charge in [0, 0.05) is 18.8 Å². The summed E-state index contributed by atoms with van der Waals surface area (Å²) in [5, 5.41) is 0. The predicted molar refractivity (Wildman–Crippen MR) is 75.4 cm³/mol. The molecule has 0 fully saturated rings. The van der Waals surface area contributed by atoms with Crippen molar-refractivity contribution < 1.29 is 8.42 Å². The van der Waals surface area contributed by atoms with Crippen molar-refractivity contribution in [3.63, 3.8) is 0 Å². The Morgan fingerprint density at radius 2 is 1.83 bits per heavy atom. The van der Waals surface area contributed by atoms with Gasteiger partial charge in [-0.15, -0.1) is 0 Å². The van der Waals surface area contributed by atoms with Gasteiger partial charge < -0.3 is 0 Å².